The quantitative estimate of drug-likeness (QED) is 0.496. The van der Waals surface area contributed by atoms with Gasteiger partial charge in [-0.2, -0.15) is 0 Å². The molecule has 1 aromatic rings. The third kappa shape index (κ3) is 4.85. The molecular weight excluding hydrogens is 511 g/mol. The van der Waals surface area contributed by atoms with Gasteiger partial charge in [-0.3, -0.25) is 0 Å². The largest absolute Gasteiger partial charge is 1.00 e. The Bertz CT molecular complexity index is 869. The van der Waals surface area contributed by atoms with Crippen LogP contribution in [0.25, 0.3) is 5.57 Å². The fraction of sp³-hybridized carbons (Fsp3) is 0.391. The first-order chi connectivity index (χ1) is 11.8. The standard InChI is InChI=1S/C13H13.C8H11.C2H6Ge.2ClH.Zr/c1-10-8-11(2)13(9-10)12-6-4-3-5-7-12;1-6-4-7(2)8(3)5-6;1-3-2;;;/h3-7,9-10H,1-2H3;4,6H,1-3H3;1-2H3;2*1H;/q;;;;;+2/p-2. The molecule has 0 saturated carbocycles. The van der Waals surface area contributed by atoms with E-state index in [1.165, 1.54) is 11.1 Å². The summed E-state index contributed by atoms with van der Waals surface area (Å²) in [6.07, 6.45) is 5.07. The van der Waals surface area contributed by atoms with Crippen molar-refractivity contribution in [3.05, 3.63) is 71.3 Å². The number of hydrogen-bond donors (Lipinski definition) is 0. The fourth-order valence-corrected chi connectivity index (χ4v) is 36.9. The molecule has 2 unspecified atom stereocenters. The average Bonchev–Trinajstić information content (AvgIpc) is 2.99. The minimum atomic E-state index is -1.74. The number of halogens is 2. The van der Waals surface area contributed by atoms with Crippen molar-refractivity contribution in [1.29, 1.82) is 0 Å². The summed E-state index contributed by atoms with van der Waals surface area (Å²) in [4.78, 5) is 0. The third-order valence-corrected chi connectivity index (χ3v) is 34.0. The Morgan fingerprint density at radius 3 is 1.78 bits per heavy atom. The molecule has 0 aliphatic heterocycles. The summed E-state index contributed by atoms with van der Waals surface area (Å²) >= 11 is -1.74. The third-order valence-electron chi connectivity index (χ3n) is 5.75. The molecule has 1 aromatic carbocycles. The molecule has 0 fully saturated rings. The molecule has 0 nitrogen and oxygen atoms in total. The minimum absolute atomic E-state index is 0. The zero-order valence-corrected chi connectivity index (χ0v) is 23.5. The Hall–Kier alpha value is 0.186. The molecule has 0 amide bonds. The van der Waals surface area contributed by atoms with E-state index in [1.54, 1.807) is 16.7 Å². The molecule has 27 heavy (non-hydrogen) atoms. The molecule has 0 saturated heterocycles. The van der Waals surface area contributed by atoms with Gasteiger partial charge in [0.2, 0.25) is 0 Å². The van der Waals surface area contributed by atoms with Crippen LogP contribution in [0.2, 0.25) is 11.5 Å². The minimum Gasteiger partial charge on any atom is -1.00 e. The fourth-order valence-electron chi connectivity index (χ4n) is 4.53. The number of hydrogen-bond acceptors (Lipinski definition) is 0. The van der Waals surface area contributed by atoms with E-state index in [9.17, 15) is 0 Å². The van der Waals surface area contributed by atoms with Crippen LogP contribution in [0.3, 0.4) is 0 Å². The first-order valence-corrected chi connectivity index (χ1v) is 23.5. The predicted octanol–water partition coefficient (Wildman–Crippen LogP) is 0.741. The van der Waals surface area contributed by atoms with Gasteiger partial charge in [-0.15, -0.1) is 0 Å². The molecule has 0 aromatic heterocycles. The van der Waals surface area contributed by atoms with Crippen molar-refractivity contribution < 1.29 is 43.4 Å². The Labute approximate surface area is 186 Å². The van der Waals surface area contributed by atoms with E-state index in [0.29, 0.717) is 11.8 Å². The monoisotopic (exact) mass is 540 g/mol. The van der Waals surface area contributed by atoms with Crippen molar-refractivity contribution in [1.82, 2.24) is 0 Å². The van der Waals surface area contributed by atoms with E-state index in [2.05, 4.69) is 88.6 Å². The summed E-state index contributed by atoms with van der Waals surface area (Å²) in [6, 6.07) is 11.0. The van der Waals surface area contributed by atoms with E-state index in [4.69, 9.17) is 0 Å². The smallest absolute Gasteiger partial charge is 1.00 e. The van der Waals surface area contributed by atoms with E-state index in [1.807, 2.05) is 6.56 Å². The number of allylic oxidation sites excluding steroid dienone is 8. The first-order valence-electron chi connectivity index (χ1n) is 9.39. The molecular formula is C23H30Cl2GeZr. The molecule has 0 radical (unpaired) electrons. The van der Waals surface area contributed by atoms with Crippen LogP contribution in [0.5, 0.6) is 0 Å². The van der Waals surface area contributed by atoms with Gasteiger partial charge in [-0.25, -0.2) is 0 Å². The van der Waals surface area contributed by atoms with Crippen molar-refractivity contribution in [3.63, 3.8) is 0 Å². The van der Waals surface area contributed by atoms with Gasteiger partial charge in [-0.05, 0) is 0 Å². The molecule has 2 aliphatic rings. The molecule has 0 heterocycles. The summed E-state index contributed by atoms with van der Waals surface area (Å²) in [6.45, 7) is 12.0. The number of benzene rings is 1. The van der Waals surface area contributed by atoms with Gasteiger partial charge in [-0.1, -0.05) is 0 Å². The normalized spacial score (nSPS) is 21.1. The van der Waals surface area contributed by atoms with Crippen LogP contribution >= 0.6 is 0 Å². The maximum atomic E-state index is 2.64. The molecule has 3 rings (SSSR count). The molecule has 0 bridgehead atoms. The van der Waals surface area contributed by atoms with Gasteiger partial charge >= 0.3 is 163 Å². The Balaban J connectivity index is 0.00000182. The summed E-state index contributed by atoms with van der Waals surface area (Å²) in [7, 11) is -0.978. The van der Waals surface area contributed by atoms with Gasteiger partial charge in [0.05, 0.1) is 0 Å². The Morgan fingerprint density at radius 1 is 0.778 bits per heavy atom. The first kappa shape index (κ1) is 25.2. The van der Waals surface area contributed by atoms with Crippen LogP contribution in [0.4, 0.5) is 0 Å². The van der Waals surface area contributed by atoms with Crippen molar-refractivity contribution in [2.24, 2.45) is 11.8 Å². The number of rotatable bonds is 3. The molecule has 2 aliphatic carbocycles. The van der Waals surface area contributed by atoms with Crippen molar-refractivity contribution in [2.75, 3.05) is 0 Å². The molecule has 0 spiro atoms. The molecule has 4 heteroatoms. The second-order valence-electron chi connectivity index (χ2n) is 7.83. The summed E-state index contributed by atoms with van der Waals surface area (Å²) in [5, 5.41) is 0. The van der Waals surface area contributed by atoms with E-state index in [-0.39, 0.29) is 24.8 Å². The maximum Gasteiger partial charge on any atom is -1.00 e. The van der Waals surface area contributed by atoms with Crippen LogP contribution in [0.15, 0.2) is 65.8 Å². The summed E-state index contributed by atoms with van der Waals surface area (Å²) in [5.41, 5.74) is 7.72. The SMILES string of the molecule is CC1=CC(C)[C]([Zr+2]([C]2=C(C)C(c3ccccc3)=CC2C)=[Ge]([CH3])[CH3])=C1C.[Cl-].[Cl-]. The second kappa shape index (κ2) is 10.3. The van der Waals surface area contributed by atoms with Gasteiger partial charge in [0, 0.05) is 0 Å². The van der Waals surface area contributed by atoms with E-state index < -0.39 is 28.6 Å². The van der Waals surface area contributed by atoms with Crippen LogP contribution in [-0.2, 0) is 18.6 Å². The van der Waals surface area contributed by atoms with Gasteiger partial charge in [0.25, 0.3) is 0 Å². The van der Waals surface area contributed by atoms with Gasteiger partial charge in [0.15, 0.2) is 0 Å². The summed E-state index contributed by atoms with van der Waals surface area (Å²) < 4.78 is 3.83. The maximum absolute atomic E-state index is 2.64. The second-order valence-corrected chi connectivity index (χ2v) is 35.5. The van der Waals surface area contributed by atoms with E-state index in [0.717, 1.165) is 0 Å². The van der Waals surface area contributed by atoms with Crippen molar-refractivity contribution in [3.8, 4) is 0 Å². The average molecular weight is 541 g/mol. The van der Waals surface area contributed by atoms with Crippen molar-refractivity contribution >= 4 is 15.5 Å². The van der Waals surface area contributed by atoms with Crippen LogP contribution in [0.1, 0.15) is 40.2 Å². The zero-order valence-electron chi connectivity index (χ0n) is 17.5. The molecule has 2 atom stereocenters. The summed E-state index contributed by atoms with van der Waals surface area (Å²) in [5.74, 6) is 6.61. The van der Waals surface area contributed by atoms with Crippen LogP contribution in [0, 0.1) is 11.8 Å². The zero-order chi connectivity index (χ0) is 18.3. The predicted molar refractivity (Wildman–Crippen MR) is 109 cm³/mol. The topological polar surface area (TPSA) is 0 Å². The van der Waals surface area contributed by atoms with Gasteiger partial charge in [0.1, 0.15) is 0 Å². The molecule has 144 valence electrons. The Morgan fingerprint density at radius 2 is 1.30 bits per heavy atom. The van der Waals surface area contributed by atoms with Crippen LogP contribution < -0.4 is 24.8 Å². The molecule has 0 N–H and O–H groups in total. The Kier molecular flexibility index (Phi) is 9.61. The van der Waals surface area contributed by atoms with Crippen LogP contribution in [-0.4, -0.2) is 9.98 Å². The van der Waals surface area contributed by atoms with E-state index >= 15 is 0 Å². The van der Waals surface area contributed by atoms with Gasteiger partial charge < -0.3 is 24.8 Å². The van der Waals surface area contributed by atoms with Crippen molar-refractivity contribution in [2.45, 2.75) is 46.1 Å².